The highest BCUT2D eigenvalue weighted by atomic mass is 17.0. The summed E-state index contributed by atoms with van der Waals surface area (Å²) in [7, 11) is 4.49. The highest BCUT2D eigenvalue weighted by molar-refractivity contribution is 5.63. The van der Waals surface area contributed by atoms with E-state index in [0.717, 1.165) is 61.9 Å². The Labute approximate surface area is 314 Å². The van der Waals surface area contributed by atoms with Crippen LogP contribution in [0.3, 0.4) is 0 Å². The SMILES string of the molecule is C[C@@H]1CC[C@@H]2[C@@H](C1)c1ccc(OCCCCCO[N+](=O)OCCCCCOc3ccc4c(c3)N(C)C(C)(C)[C@@H]3CC[C@@H](C)C[C@@H]43)cc1N(C)C2(C)C. The Morgan fingerprint density at radius 2 is 1.02 bits per heavy atom. The first-order chi connectivity index (χ1) is 24.9. The zero-order valence-electron chi connectivity index (χ0n) is 33.6. The number of hydrogen-bond donors (Lipinski definition) is 0. The van der Waals surface area contributed by atoms with E-state index in [1.165, 1.54) is 61.0 Å². The molecule has 2 fully saturated rings. The molecule has 0 radical (unpaired) electrons. The van der Waals surface area contributed by atoms with Gasteiger partial charge in [-0.05, 0) is 151 Å². The van der Waals surface area contributed by atoms with Gasteiger partial charge in [-0.3, -0.25) is 0 Å². The number of rotatable bonds is 16. The van der Waals surface area contributed by atoms with Crippen LogP contribution in [0, 0.1) is 28.6 Å². The lowest BCUT2D eigenvalue weighted by Gasteiger charge is -2.54. The number of ether oxygens (including phenoxy) is 2. The van der Waals surface area contributed by atoms with E-state index < -0.39 is 0 Å². The van der Waals surface area contributed by atoms with Crippen LogP contribution in [0.15, 0.2) is 36.4 Å². The average molecular weight is 719 g/mol. The first kappa shape index (κ1) is 38.6. The fourth-order valence-electron chi connectivity index (χ4n) is 10.2. The van der Waals surface area contributed by atoms with Crippen molar-refractivity contribution in [1.29, 1.82) is 0 Å². The second-order valence-electron chi connectivity index (χ2n) is 17.8. The van der Waals surface area contributed by atoms with Crippen molar-refractivity contribution >= 4 is 11.4 Å². The van der Waals surface area contributed by atoms with Crippen molar-refractivity contribution < 1.29 is 24.2 Å². The van der Waals surface area contributed by atoms with Gasteiger partial charge in [0.05, 0.1) is 13.2 Å². The number of fused-ring (bicyclic) bond motifs is 6. The maximum Gasteiger partial charge on any atom is 0.477 e. The molecule has 0 saturated heterocycles. The van der Waals surface area contributed by atoms with Crippen LogP contribution < -0.4 is 19.3 Å². The monoisotopic (exact) mass is 719 g/mol. The van der Waals surface area contributed by atoms with Crippen LogP contribution in [-0.4, -0.2) is 56.7 Å². The van der Waals surface area contributed by atoms with Crippen molar-refractivity contribution in [1.82, 2.24) is 0 Å². The lowest BCUT2D eigenvalue weighted by molar-refractivity contribution is -0.981. The summed E-state index contributed by atoms with van der Waals surface area (Å²) in [5, 5.41) is 0.276. The van der Waals surface area contributed by atoms with Crippen molar-refractivity contribution in [2.75, 3.05) is 50.3 Å². The van der Waals surface area contributed by atoms with E-state index in [1.54, 1.807) is 0 Å². The van der Waals surface area contributed by atoms with Gasteiger partial charge in [-0.15, -0.1) is 0 Å². The van der Waals surface area contributed by atoms with Gasteiger partial charge in [0.25, 0.3) is 0 Å². The molecule has 6 atom stereocenters. The smallest absolute Gasteiger partial charge is 0.477 e. The molecular weight excluding hydrogens is 650 g/mol. The van der Waals surface area contributed by atoms with Gasteiger partial charge < -0.3 is 19.3 Å². The Bertz CT molecular complexity index is 1400. The van der Waals surface area contributed by atoms with Crippen LogP contribution in [0.25, 0.3) is 0 Å². The minimum atomic E-state index is 0.140. The average Bonchev–Trinajstić information content (AvgIpc) is 3.12. The molecule has 2 aromatic carbocycles. The highest BCUT2D eigenvalue weighted by Crippen LogP contribution is 2.55. The number of hydrogen-bond acceptors (Lipinski definition) is 7. The van der Waals surface area contributed by atoms with Gasteiger partial charge in [0, 0.05) is 48.7 Å². The van der Waals surface area contributed by atoms with Crippen molar-refractivity contribution in [2.24, 2.45) is 23.7 Å². The molecule has 4 aliphatic rings. The van der Waals surface area contributed by atoms with Crippen molar-refractivity contribution in [2.45, 2.75) is 142 Å². The molecule has 0 bridgehead atoms. The van der Waals surface area contributed by atoms with Gasteiger partial charge in [-0.25, -0.2) is 0 Å². The van der Waals surface area contributed by atoms with Crippen LogP contribution >= 0.6 is 0 Å². The number of unbranched alkanes of at least 4 members (excludes halogenated alkanes) is 4. The summed E-state index contributed by atoms with van der Waals surface area (Å²) >= 11 is 0. The fourth-order valence-corrected chi connectivity index (χ4v) is 10.2. The van der Waals surface area contributed by atoms with Gasteiger partial charge in [0.15, 0.2) is 13.2 Å². The molecule has 0 spiro atoms. The van der Waals surface area contributed by atoms with E-state index in [9.17, 15) is 4.91 Å². The zero-order valence-corrected chi connectivity index (χ0v) is 33.6. The Hall–Kier alpha value is -3.16. The number of benzene rings is 2. The van der Waals surface area contributed by atoms with Crippen molar-refractivity contribution in [3.8, 4) is 11.5 Å². The summed E-state index contributed by atoms with van der Waals surface area (Å²) in [6, 6.07) is 13.4. The van der Waals surface area contributed by atoms with Gasteiger partial charge >= 0.3 is 5.09 Å². The molecule has 2 aliphatic heterocycles. The second-order valence-corrected chi connectivity index (χ2v) is 17.8. The van der Waals surface area contributed by atoms with Gasteiger partial charge in [0.1, 0.15) is 16.4 Å². The van der Waals surface area contributed by atoms with E-state index in [2.05, 4.69) is 102 Å². The van der Waals surface area contributed by atoms with Crippen LogP contribution in [0.4, 0.5) is 11.4 Å². The van der Waals surface area contributed by atoms with Gasteiger partial charge in [-0.2, -0.15) is 9.68 Å². The van der Waals surface area contributed by atoms with E-state index in [-0.39, 0.29) is 16.2 Å². The maximum absolute atomic E-state index is 12.0. The van der Waals surface area contributed by atoms with Gasteiger partial charge in [-0.1, -0.05) is 38.8 Å². The molecule has 288 valence electrons. The topological polar surface area (TPSA) is 63.5 Å². The minimum absolute atomic E-state index is 0.140. The van der Waals surface area contributed by atoms with Crippen molar-refractivity contribution in [3.05, 3.63) is 52.4 Å². The quantitative estimate of drug-likeness (QED) is 0.126. The summed E-state index contributed by atoms with van der Waals surface area (Å²) < 4.78 is 12.3. The zero-order chi connectivity index (χ0) is 37.0. The predicted molar refractivity (Wildman–Crippen MR) is 211 cm³/mol. The Kier molecular flexibility index (Phi) is 12.2. The molecule has 0 aromatic heterocycles. The second kappa shape index (κ2) is 16.5. The summed E-state index contributed by atoms with van der Waals surface area (Å²) in [5.41, 5.74) is 5.91. The third-order valence-electron chi connectivity index (χ3n) is 13.8. The molecule has 0 amide bonds. The summed E-state index contributed by atoms with van der Waals surface area (Å²) in [6.07, 6.45) is 13.1. The fraction of sp³-hybridized carbons (Fsp3) is 0.727. The molecule has 52 heavy (non-hydrogen) atoms. The molecule has 0 unspecified atom stereocenters. The predicted octanol–water partition coefficient (Wildman–Crippen LogP) is 10.6. The lowest BCUT2D eigenvalue weighted by atomic mass is 9.62. The summed E-state index contributed by atoms with van der Waals surface area (Å²) in [4.78, 5) is 27.4. The number of anilines is 2. The van der Waals surface area contributed by atoms with Crippen LogP contribution in [0.1, 0.15) is 142 Å². The Morgan fingerprint density at radius 1 is 0.615 bits per heavy atom. The van der Waals surface area contributed by atoms with Crippen LogP contribution in [0.2, 0.25) is 0 Å². The lowest BCUT2D eigenvalue weighted by Crippen LogP contribution is -2.54. The molecule has 8 nitrogen and oxygen atoms in total. The third kappa shape index (κ3) is 8.31. The third-order valence-corrected chi connectivity index (χ3v) is 13.8. The molecule has 2 heterocycles. The van der Waals surface area contributed by atoms with E-state index in [1.807, 2.05) is 0 Å². The van der Waals surface area contributed by atoms with E-state index in [4.69, 9.17) is 19.1 Å². The standard InChI is InChI=1S/C44H68N3O5/c1-31-15-21-39-37(27-31)35-19-17-33(29-41(35)45(7)43(39,3)4)49-23-11-9-13-25-51-47(48)52-26-14-10-12-24-50-34-18-20-36-38-28-32(2)16-22-40(38)44(5,6)46(8)42(36)30-34/h17-20,29-32,37-40H,9-16,21-28H2,1-8H3/q+1/t31-,32-,37+,38+,39-,40-/m1/s1. The first-order valence-corrected chi connectivity index (χ1v) is 20.6. The Balaban J connectivity index is 0.815. The molecule has 8 heteroatoms. The van der Waals surface area contributed by atoms with E-state index >= 15 is 0 Å². The largest absolute Gasteiger partial charge is 0.494 e. The minimum Gasteiger partial charge on any atom is -0.494 e. The molecule has 6 rings (SSSR count). The highest BCUT2D eigenvalue weighted by Gasteiger charge is 2.48. The molecule has 0 N–H and O–H groups in total. The van der Waals surface area contributed by atoms with E-state index in [0.29, 0.717) is 50.1 Å². The molecular formula is C44H68N3O5+. The maximum atomic E-state index is 12.0. The summed E-state index contributed by atoms with van der Waals surface area (Å²) in [5.74, 6) is 6.14. The molecule has 2 aromatic rings. The normalized spacial score (nSPS) is 27.1. The van der Waals surface area contributed by atoms with Crippen molar-refractivity contribution in [3.63, 3.8) is 0 Å². The van der Waals surface area contributed by atoms with Crippen LogP contribution in [0.5, 0.6) is 11.5 Å². The number of nitrogens with zero attached hydrogens (tertiary/aromatic N) is 3. The van der Waals surface area contributed by atoms with Crippen LogP contribution in [-0.2, 0) is 9.68 Å². The molecule has 2 aliphatic carbocycles. The Morgan fingerprint density at radius 3 is 1.44 bits per heavy atom. The van der Waals surface area contributed by atoms with Gasteiger partial charge in [0.2, 0.25) is 0 Å². The molecule has 2 saturated carbocycles. The summed E-state index contributed by atoms with van der Waals surface area (Å²) in [6.45, 7) is 16.4. The first-order valence-electron chi connectivity index (χ1n) is 20.6.